The van der Waals surface area contributed by atoms with Crippen molar-refractivity contribution in [3.05, 3.63) is 71.3 Å². The first-order valence-corrected chi connectivity index (χ1v) is 11.3. The number of hydrogen-bond donors (Lipinski definition) is 1. The van der Waals surface area contributed by atoms with Crippen LogP contribution < -0.4 is 0 Å². The highest BCUT2D eigenvalue weighted by Crippen LogP contribution is 2.70. The number of nitriles is 3. The molecule has 2 aromatic carbocycles. The van der Waals surface area contributed by atoms with E-state index in [0.717, 1.165) is 24.0 Å². The van der Waals surface area contributed by atoms with Crippen LogP contribution in [0.5, 0.6) is 0 Å². The van der Waals surface area contributed by atoms with Crippen LogP contribution in [0.3, 0.4) is 0 Å². The maximum Gasteiger partial charge on any atom is 0.217 e. The Kier molecular flexibility index (Phi) is 4.78. The molecule has 2 saturated heterocycles. The van der Waals surface area contributed by atoms with Crippen LogP contribution in [0.1, 0.15) is 54.9 Å². The Balaban J connectivity index is 1.66. The standard InChI is InChI=1S/C27H24N4O2/c1-2-18-8-10-20(11-9-18)23-25(15-28,16-29)26(17-30)22-14-21(19-6-4-3-5-7-19)12-13-27(22,32-23)33-24(26)31/h3-11,21-23,31H,2,12-14H2,1H3. The fourth-order valence-electron chi connectivity index (χ4n) is 6.10. The molecule has 0 spiro atoms. The fourth-order valence-corrected chi connectivity index (χ4v) is 6.10. The van der Waals surface area contributed by atoms with E-state index >= 15 is 0 Å². The predicted molar refractivity (Wildman–Crippen MR) is 119 cm³/mol. The second-order valence-electron chi connectivity index (χ2n) is 9.22. The summed E-state index contributed by atoms with van der Waals surface area (Å²) in [5.74, 6) is -1.97. The lowest BCUT2D eigenvalue weighted by Gasteiger charge is -2.52. The summed E-state index contributed by atoms with van der Waals surface area (Å²) in [5.41, 5.74) is -0.707. The number of ether oxygens (including phenoxy) is 2. The van der Waals surface area contributed by atoms with E-state index in [-0.39, 0.29) is 11.8 Å². The summed E-state index contributed by atoms with van der Waals surface area (Å²) >= 11 is 0. The molecule has 2 aromatic rings. The van der Waals surface area contributed by atoms with Crippen LogP contribution >= 0.6 is 0 Å². The Morgan fingerprint density at radius 3 is 2.27 bits per heavy atom. The normalized spacial score (nSPS) is 33.6. The van der Waals surface area contributed by atoms with E-state index in [2.05, 4.69) is 37.3 Å². The van der Waals surface area contributed by atoms with Crippen LogP contribution in [0.15, 0.2) is 54.6 Å². The van der Waals surface area contributed by atoms with Gasteiger partial charge in [0.1, 0.15) is 6.10 Å². The summed E-state index contributed by atoms with van der Waals surface area (Å²) in [6, 6.07) is 24.2. The smallest absolute Gasteiger partial charge is 0.217 e. The fraction of sp³-hybridized carbons (Fsp3) is 0.407. The monoisotopic (exact) mass is 436 g/mol. The molecule has 2 aliphatic heterocycles. The second kappa shape index (κ2) is 7.45. The van der Waals surface area contributed by atoms with Gasteiger partial charge in [0.05, 0.1) is 24.1 Å². The zero-order valence-corrected chi connectivity index (χ0v) is 18.4. The van der Waals surface area contributed by atoms with Gasteiger partial charge in [-0.1, -0.05) is 61.5 Å². The molecule has 6 nitrogen and oxygen atoms in total. The molecule has 2 bridgehead atoms. The van der Waals surface area contributed by atoms with Gasteiger partial charge >= 0.3 is 0 Å². The van der Waals surface area contributed by atoms with Gasteiger partial charge in [-0.3, -0.25) is 5.41 Å². The lowest BCUT2D eigenvalue weighted by atomic mass is 9.50. The molecular formula is C27H24N4O2. The van der Waals surface area contributed by atoms with Crippen LogP contribution in [-0.4, -0.2) is 11.7 Å². The zero-order chi connectivity index (χ0) is 23.3. The van der Waals surface area contributed by atoms with Crippen molar-refractivity contribution < 1.29 is 9.47 Å². The molecule has 3 fully saturated rings. The largest absolute Gasteiger partial charge is 0.447 e. The molecule has 5 atom stereocenters. The van der Waals surface area contributed by atoms with E-state index in [1.54, 1.807) is 0 Å². The van der Waals surface area contributed by atoms with Crippen molar-refractivity contribution in [1.82, 2.24) is 0 Å². The van der Waals surface area contributed by atoms with Crippen LogP contribution in [0.4, 0.5) is 0 Å². The highest BCUT2D eigenvalue weighted by atomic mass is 16.7. The molecule has 0 radical (unpaired) electrons. The number of hydrogen-bond acceptors (Lipinski definition) is 6. The third-order valence-corrected chi connectivity index (χ3v) is 7.87. The molecule has 6 heteroatoms. The Morgan fingerprint density at radius 2 is 1.67 bits per heavy atom. The maximum atomic E-state index is 10.5. The van der Waals surface area contributed by atoms with Crippen molar-refractivity contribution in [1.29, 1.82) is 21.2 Å². The van der Waals surface area contributed by atoms with Gasteiger partial charge in [-0.05, 0) is 41.9 Å². The molecule has 2 heterocycles. The molecule has 1 aliphatic carbocycles. The molecule has 0 amide bonds. The quantitative estimate of drug-likeness (QED) is 0.714. The number of nitrogens with one attached hydrogen (secondary N) is 1. The van der Waals surface area contributed by atoms with Crippen LogP contribution in [0, 0.1) is 56.2 Å². The highest BCUT2D eigenvalue weighted by molar-refractivity contribution is 5.89. The molecule has 5 rings (SSSR count). The van der Waals surface area contributed by atoms with E-state index in [0.29, 0.717) is 18.4 Å². The van der Waals surface area contributed by atoms with Crippen molar-refractivity contribution in [2.24, 2.45) is 16.7 Å². The topological polar surface area (TPSA) is 114 Å². The van der Waals surface area contributed by atoms with E-state index < -0.39 is 28.6 Å². The minimum Gasteiger partial charge on any atom is -0.447 e. The van der Waals surface area contributed by atoms with Gasteiger partial charge in [0.15, 0.2) is 5.41 Å². The Morgan fingerprint density at radius 1 is 0.970 bits per heavy atom. The summed E-state index contributed by atoms with van der Waals surface area (Å²) in [6.07, 6.45) is 1.62. The summed E-state index contributed by atoms with van der Waals surface area (Å²) in [5, 5.41) is 40.1. The first kappa shape index (κ1) is 21.2. The van der Waals surface area contributed by atoms with Gasteiger partial charge in [-0.15, -0.1) is 0 Å². The van der Waals surface area contributed by atoms with Gasteiger partial charge in [0.2, 0.25) is 17.1 Å². The Labute approximate surface area is 193 Å². The highest BCUT2D eigenvalue weighted by Gasteiger charge is 2.81. The van der Waals surface area contributed by atoms with E-state index in [1.807, 2.05) is 42.5 Å². The van der Waals surface area contributed by atoms with Gasteiger partial charge in [0, 0.05) is 6.42 Å². The molecule has 3 aliphatic rings. The number of rotatable bonds is 3. The van der Waals surface area contributed by atoms with E-state index in [1.165, 1.54) is 0 Å². The van der Waals surface area contributed by atoms with E-state index in [9.17, 15) is 15.8 Å². The van der Waals surface area contributed by atoms with Crippen LogP contribution in [-0.2, 0) is 15.9 Å². The summed E-state index contributed by atoms with van der Waals surface area (Å²) in [6.45, 7) is 2.05. The zero-order valence-electron chi connectivity index (χ0n) is 18.4. The average Bonchev–Trinajstić information content (AvgIpc) is 3.07. The minimum absolute atomic E-state index is 0.130. The molecule has 1 N–H and O–H groups in total. The first-order valence-electron chi connectivity index (χ1n) is 11.3. The lowest BCUT2D eigenvalue weighted by molar-refractivity contribution is -0.296. The summed E-state index contributed by atoms with van der Waals surface area (Å²) in [7, 11) is 0. The van der Waals surface area contributed by atoms with Crippen molar-refractivity contribution in [3.8, 4) is 18.2 Å². The van der Waals surface area contributed by atoms with Crippen molar-refractivity contribution in [2.75, 3.05) is 0 Å². The molecule has 33 heavy (non-hydrogen) atoms. The summed E-state index contributed by atoms with van der Waals surface area (Å²) in [4.78, 5) is 0. The Bertz CT molecular complexity index is 1210. The summed E-state index contributed by atoms with van der Waals surface area (Å²) < 4.78 is 12.6. The molecular weight excluding hydrogens is 412 g/mol. The van der Waals surface area contributed by atoms with Gasteiger partial charge in [-0.2, -0.15) is 15.8 Å². The van der Waals surface area contributed by atoms with Gasteiger partial charge < -0.3 is 9.47 Å². The number of aryl methyl sites for hydroxylation is 1. The second-order valence-corrected chi connectivity index (χ2v) is 9.22. The van der Waals surface area contributed by atoms with Crippen LogP contribution in [0.25, 0.3) is 0 Å². The van der Waals surface area contributed by atoms with Crippen LogP contribution in [0.2, 0.25) is 0 Å². The maximum absolute atomic E-state index is 10.5. The van der Waals surface area contributed by atoms with Crippen molar-refractivity contribution >= 4 is 5.90 Å². The Hall–Kier alpha value is -3.66. The minimum atomic E-state index is -1.91. The predicted octanol–water partition coefficient (Wildman–Crippen LogP) is 5.15. The third-order valence-electron chi connectivity index (χ3n) is 7.87. The number of nitrogens with zero attached hydrogens (tertiary/aromatic N) is 3. The molecule has 0 aromatic heterocycles. The van der Waals surface area contributed by atoms with Crippen molar-refractivity contribution in [3.63, 3.8) is 0 Å². The SMILES string of the molecule is CCc1ccc(C2OC34CCC(c5ccccc5)CC3C(C#N)(C(=N)O4)C2(C#N)C#N)cc1. The molecule has 164 valence electrons. The van der Waals surface area contributed by atoms with Gasteiger partial charge in [0.25, 0.3) is 0 Å². The average molecular weight is 437 g/mol. The number of benzene rings is 2. The van der Waals surface area contributed by atoms with Gasteiger partial charge in [-0.25, -0.2) is 0 Å². The lowest BCUT2D eigenvalue weighted by Crippen LogP contribution is -2.60. The van der Waals surface area contributed by atoms with Crippen molar-refractivity contribution in [2.45, 2.75) is 50.4 Å². The third kappa shape index (κ3) is 2.64. The molecule has 5 unspecified atom stereocenters. The van der Waals surface area contributed by atoms with E-state index in [4.69, 9.17) is 14.9 Å². The first-order chi connectivity index (χ1) is 16.0. The molecule has 1 saturated carbocycles.